The summed E-state index contributed by atoms with van der Waals surface area (Å²) in [6.45, 7) is 2.51. The minimum atomic E-state index is 0.0317. The Bertz CT molecular complexity index is 917. The van der Waals surface area contributed by atoms with Crippen LogP contribution in [0.4, 0.5) is 5.95 Å². The minimum Gasteiger partial charge on any atom is -0.368 e. The van der Waals surface area contributed by atoms with Gasteiger partial charge in [0.25, 0.3) is 0 Å². The number of likely N-dealkylation sites (tertiary alicyclic amines) is 1. The normalized spacial score (nSPS) is 18.1. The lowest BCUT2D eigenvalue weighted by molar-refractivity contribution is 0.0813. The molecule has 2 N–H and O–H groups in total. The van der Waals surface area contributed by atoms with Crippen LogP contribution in [0.1, 0.15) is 28.8 Å². The zero-order chi connectivity index (χ0) is 17.9. The van der Waals surface area contributed by atoms with Crippen LogP contribution in [0, 0.1) is 5.92 Å². The summed E-state index contributed by atoms with van der Waals surface area (Å²) in [6, 6.07) is 14.1. The number of hydrogen-bond acceptors (Lipinski definition) is 5. The van der Waals surface area contributed by atoms with E-state index in [1.807, 2.05) is 30.3 Å². The number of hydrogen-bond donors (Lipinski definition) is 1. The van der Waals surface area contributed by atoms with Crippen LogP contribution in [0.15, 0.2) is 54.9 Å². The van der Waals surface area contributed by atoms with Crippen LogP contribution in [0.25, 0.3) is 10.8 Å². The second kappa shape index (κ2) is 7.22. The highest BCUT2D eigenvalue weighted by atomic mass is 16.1. The molecule has 5 nitrogen and oxygen atoms in total. The van der Waals surface area contributed by atoms with Crippen LogP contribution in [0.3, 0.4) is 0 Å². The van der Waals surface area contributed by atoms with E-state index in [4.69, 9.17) is 5.73 Å². The molecule has 2 aromatic carbocycles. The smallest absolute Gasteiger partial charge is 0.219 e. The van der Waals surface area contributed by atoms with E-state index in [2.05, 4.69) is 27.0 Å². The number of fused-ring (bicyclic) bond motifs is 1. The number of Topliss-reactive ketones (excluding diaryl/α,β-unsaturated/α-hetero) is 1. The van der Waals surface area contributed by atoms with Crippen molar-refractivity contribution in [3.63, 3.8) is 0 Å². The Labute approximate surface area is 152 Å². The third-order valence-corrected chi connectivity index (χ3v) is 5.06. The quantitative estimate of drug-likeness (QED) is 0.734. The van der Waals surface area contributed by atoms with Gasteiger partial charge in [-0.2, -0.15) is 0 Å². The third kappa shape index (κ3) is 3.44. The number of benzene rings is 2. The average molecular weight is 346 g/mol. The number of piperidine rings is 1. The average Bonchev–Trinajstić information content (AvgIpc) is 2.69. The highest BCUT2D eigenvalue weighted by Crippen LogP contribution is 2.26. The molecule has 1 atom stereocenters. The van der Waals surface area contributed by atoms with E-state index in [1.54, 1.807) is 12.4 Å². The van der Waals surface area contributed by atoms with Gasteiger partial charge in [0.05, 0.1) is 0 Å². The molecular formula is C21H22N4O. The van der Waals surface area contributed by atoms with E-state index in [1.165, 1.54) is 0 Å². The summed E-state index contributed by atoms with van der Waals surface area (Å²) >= 11 is 0. The second-order valence-electron chi connectivity index (χ2n) is 6.91. The first-order chi connectivity index (χ1) is 12.7. The first-order valence-corrected chi connectivity index (χ1v) is 9.01. The zero-order valence-electron chi connectivity index (χ0n) is 14.6. The predicted molar refractivity (Wildman–Crippen MR) is 103 cm³/mol. The summed E-state index contributed by atoms with van der Waals surface area (Å²) in [5, 5.41) is 2.16. The Balaban J connectivity index is 1.51. The Hall–Kier alpha value is -2.79. The number of carbonyl (C=O) groups is 1. The molecule has 2 heterocycles. The topological polar surface area (TPSA) is 72.1 Å². The van der Waals surface area contributed by atoms with E-state index >= 15 is 0 Å². The molecule has 1 aliphatic rings. The number of ketones is 1. The van der Waals surface area contributed by atoms with Gasteiger partial charge in [0, 0.05) is 42.5 Å². The SMILES string of the molecule is Nc1ncc(CN2CCCC(C(=O)c3cccc4ccccc34)C2)cn1. The minimum absolute atomic E-state index is 0.0317. The molecule has 0 aliphatic carbocycles. The molecule has 0 spiro atoms. The van der Waals surface area contributed by atoms with Crippen molar-refractivity contribution < 1.29 is 4.79 Å². The van der Waals surface area contributed by atoms with E-state index in [0.29, 0.717) is 0 Å². The molecule has 0 amide bonds. The standard InChI is InChI=1S/C21H22N4O/c22-21-23-11-15(12-24-21)13-25-10-4-7-17(14-25)20(26)19-9-3-6-16-5-1-2-8-18(16)19/h1-3,5-6,8-9,11-12,17H,4,7,10,13-14H2,(H2,22,23,24). The first kappa shape index (κ1) is 16.7. The maximum absolute atomic E-state index is 13.2. The van der Waals surface area contributed by atoms with E-state index in [9.17, 15) is 4.79 Å². The fourth-order valence-electron chi connectivity index (χ4n) is 3.78. The van der Waals surface area contributed by atoms with Gasteiger partial charge in [-0.3, -0.25) is 9.69 Å². The number of aromatic nitrogens is 2. The van der Waals surface area contributed by atoms with Gasteiger partial charge in [0.1, 0.15) is 0 Å². The number of carbonyl (C=O) groups excluding carboxylic acids is 1. The van der Waals surface area contributed by atoms with E-state index < -0.39 is 0 Å². The van der Waals surface area contributed by atoms with Gasteiger partial charge in [-0.15, -0.1) is 0 Å². The summed E-state index contributed by atoms with van der Waals surface area (Å²) < 4.78 is 0. The predicted octanol–water partition coefficient (Wildman–Crippen LogP) is 3.31. The summed E-state index contributed by atoms with van der Waals surface area (Å²) in [4.78, 5) is 23.6. The van der Waals surface area contributed by atoms with Gasteiger partial charge in [0.15, 0.2) is 5.78 Å². The fourth-order valence-corrected chi connectivity index (χ4v) is 3.78. The van der Waals surface area contributed by atoms with Crippen molar-refractivity contribution in [2.75, 3.05) is 18.8 Å². The molecule has 1 saturated heterocycles. The van der Waals surface area contributed by atoms with Gasteiger partial charge in [0.2, 0.25) is 5.95 Å². The number of anilines is 1. The Morgan fingerprint density at radius 3 is 2.73 bits per heavy atom. The van der Waals surface area contributed by atoms with Crippen molar-refractivity contribution in [2.24, 2.45) is 5.92 Å². The molecule has 5 heteroatoms. The third-order valence-electron chi connectivity index (χ3n) is 5.06. The molecule has 1 aliphatic heterocycles. The van der Waals surface area contributed by atoms with Gasteiger partial charge >= 0.3 is 0 Å². The number of nitrogens with two attached hydrogens (primary N) is 1. The molecule has 0 saturated carbocycles. The second-order valence-corrected chi connectivity index (χ2v) is 6.91. The molecule has 0 radical (unpaired) electrons. The van der Waals surface area contributed by atoms with Crippen molar-refractivity contribution in [2.45, 2.75) is 19.4 Å². The summed E-state index contributed by atoms with van der Waals surface area (Å²) in [5.41, 5.74) is 7.42. The van der Waals surface area contributed by atoms with Crippen LogP contribution >= 0.6 is 0 Å². The van der Waals surface area contributed by atoms with Crippen molar-refractivity contribution in [3.05, 3.63) is 66.0 Å². The van der Waals surface area contributed by atoms with E-state index in [-0.39, 0.29) is 17.6 Å². The lowest BCUT2D eigenvalue weighted by Gasteiger charge is -2.32. The largest absolute Gasteiger partial charge is 0.368 e. The van der Waals surface area contributed by atoms with Gasteiger partial charge < -0.3 is 5.73 Å². The monoisotopic (exact) mass is 346 g/mol. The van der Waals surface area contributed by atoms with Gasteiger partial charge in [-0.05, 0) is 30.2 Å². The van der Waals surface area contributed by atoms with Crippen molar-refractivity contribution in [1.29, 1.82) is 0 Å². The molecular weight excluding hydrogens is 324 g/mol. The maximum Gasteiger partial charge on any atom is 0.219 e. The van der Waals surface area contributed by atoms with Gasteiger partial charge in [-0.25, -0.2) is 9.97 Å². The van der Waals surface area contributed by atoms with Gasteiger partial charge in [-0.1, -0.05) is 42.5 Å². The van der Waals surface area contributed by atoms with Crippen LogP contribution in [-0.2, 0) is 6.54 Å². The zero-order valence-corrected chi connectivity index (χ0v) is 14.6. The maximum atomic E-state index is 13.2. The van der Waals surface area contributed by atoms with Crippen LogP contribution in [0.5, 0.6) is 0 Å². The summed E-state index contributed by atoms with van der Waals surface area (Å²) in [7, 11) is 0. The Kier molecular flexibility index (Phi) is 4.63. The first-order valence-electron chi connectivity index (χ1n) is 9.01. The number of nitrogen functional groups attached to an aromatic ring is 1. The summed E-state index contributed by atoms with van der Waals surface area (Å²) in [6.07, 6.45) is 5.49. The molecule has 0 bridgehead atoms. The van der Waals surface area contributed by atoms with Crippen LogP contribution in [0.2, 0.25) is 0 Å². The molecule has 4 rings (SSSR count). The highest BCUT2D eigenvalue weighted by Gasteiger charge is 2.27. The van der Waals surface area contributed by atoms with Crippen LogP contribution < -0.4 is 5.73 Å². The van der Waals surface area contributed by atoms with E-state index in [0.717, 1.165) is 54.4 Å². The lowest BCUT2D eigenvalue weighted by atomic mass is 9.88. The summed E-state index contributed by atoms with van der Waals surface area (Å²) in [5.74, 6) is 0.570. The molecule has 1 unspecified atom stereocenters. The molecule has 3 aromatic rings. The fraction of sp³-hybridized carbons (Fsp3) is 0.286. The molecule has 1 fully saturated rings. The van der Waals surface area contributed by atoms with Crippen molar-refractivity contribution in [3.8, 4) is 0 Å². The Morgan fingerprint density at radius 1 is 1.12 bits per heavy atom. The highest BCUT2D eigenvalue weighted by molar-refractivity contribution is 6.09. The van der Waals surface area contributed by atoms with Crippen LogP contribution in [-0.4, -0.2) is 33.7 Å². The lowest BCUT2D eigenvalue weighted by Crippen LogP contribution is -2.38. The van der Waals surface area contributed by atoms with Crippen molar-refractivity contribution >= 4 is 22.5 Å². The van der Waals surface area contributed by atoms with Crippen molar-refractivity contribution in [1.82, 2.24) is 14.9 Å². The Morgan fingerprint density at radius 2 is 1.88 bits per heavy atom. The molecule has 132 valence electrons. The number of nitrogens with zero attached hydrogens (tertiary/aromatic N) is 3. The molecule has 26 heavy (non-hydrogen) atoms. The number of rotatable bonds is 4. The molecule has 1 aromatic heterocycles.